The van der Waals surface area contributed by atoms with Crippen LogP contribution in [0.3, 0.4) is 0 Å². The average Bonchev–Trinajstić information content (AvgIpc) is 3.01. The Kier molecular flexibility index (Phi) is 2.74. The van der Waals surface area contributed by atoms with Crippen LogP contribution in [0.2, 0.25) is 0 Å². The van der Waals surface area contributed by atoms with Crippen molar-refractivity contribution in [1.29, 1.82) is 0 Å². The first-order valence-corrected chi connectivity index (χ1v) is 7.06. The molecule has 0 bridgehead atoms. The Morgan fingerprint density at radius 1 is 1.53 bits per heavy atom. The zero-order chi connectivity index (χ0) is 13.6. The first kappa shape index (κ1) is 12.4. The van der Waals surface area contributed by atoms with Gasteiger partial charge in [-0.1, -0.05) is 13.0 Å². The predicted octanol–water partition coefficient (Wildman–Crippen LogP) is 3.15. The minimum Gasteiger partial charge on any atom is -0.397 e. The van der Waals surface area contributed by atoms with Crippen LogP contribution in [-0.2, 0) is 0 Å². The molecule has 0 aliphatic heterocycles. The van der Waals surface area contributed by atoms with Crippen molar-refractivity contribution < 1.29 is 9.18 Å². The summed E-state index contributed by atoms with van der Waals surface area (Å²) in [5, 5.41) is 3.25. The Labute approximate surface area is 114 Å². The van der Waals surface area contributed by atoms with E-state index in [2.05, 4.69) is 12.2 Å². The third-order valence-electron chi connectivity index (χ3n) is 3.69. The van der Waals surface area contributed by atoms with Crippen LogP contribution in [0.25, 0.3) is 10.1 Å². The van der Waals surface area contributed by atoms with Gasteiger partial charge < -0.3 is 11.1 Å². The second-order valence-electron chi connectivity index (χ2n) is 5.45. The van der Waals surface area contributed by atoms with Gasteiger partial charge in [-0.05, 0) is 30.4 Å². The molecule has 2 aromatic rings. The van der Waals surface area contributed by atoms with Crippen molar-refractivity contribution in [3.8, 4) is 0 Å². The highest BCUT2D eigenvalue weighted by atomic mass is 32.1. The van der Waals surface area contributed by atoms with Crippen molar-refractivity contribution in [3.05, 3.63) is 28.9 Å². The van der Waals surface area contributed by atoms with Crippen molar-refractivity contribution >= 4 is 33.0 Å². The summed E-state index contributed by atoms with van der Waals surface area (Å²) in [5.41, 5.74) is 6.39. The topological polar surface area (TPSA) is 55.1 Å². The lowest BCUT2D eigenvalue weighted by Crippen LogP contribution is -2.28. The van der Waals surface area contributed by atoms with Crippen LogP contribution in [0.15, 0.2) is 18.2 Å². The number of nitrogen functional groups attached to an aromatic ring is 1. The average molecular weight is 278 g/mol. The zero-order valence-corrected chi connectivity index (χ0v) is 11.4. The fourth-order valence-corrected chi connectivity index (χ4v) is 3.11. The summed E-state index contributed by atoms with van der Waals surface area (Å²) in [6.07, 6.45) is 2.29. The van der Waals surface area contributed by atoms with E-state index in [9.17, 15) is 9.18 Å². The monoisotopic (exact) mass is 278 g/mol. The van der Waals surface area contributed by atoms with Crippen LogP contribution < -0.4 is 11.1 Å². The molecule has 0 unspecified atom stereocenters. The largest absolute Gasteiger partial charge is 0.397 e. The molecular weight excluding hydrogens is 263 g/mol. The maximum Gasteiger partial charge on any atom is 0.263 e. The first-order chi connectivity index (χ1) is 9.00. The predicted molar refractivity (Wildman–Crippen MR) is 75.9 cm³/mol. The molecule has 5 heteroatoms. The Morgan fingerprint density at radius 3 is 2.89 bits per heavy atom. The number of fused-ring (bicyclic) bond motifs is 1. The molecule has 0 spiro atoms. The minimum absolute atomic E-state index is 0.203. The molecule has 3 nitrogen and oxygen atoms in total. The summed E-state index contributed by atoms with van der Waals surface area (Å²) in [7, 11) is 0. The summed E-state index contributed by atoms with van der Waals surface area (Å²) in [5.74, 6) is -0.578. The Hall–Kier alpha value is -1.62. The SMILES string of the molecule is CC1(CNC(=O)c2sc3cccc(F)c3c2N)CC1. The van der Waals surface area contributed by atoms with E-state index in [0.717, 1.165) is 12.8 Å². The highest BCUT2D eigenvalue weighted by Crippen LogP contribution is 2.44. The van der Waals surface area contributed by atoms with Gasteiger partial charge in [0, 0.05) is 11.2 Å². The summed E-state index contributed by atoms with van der Waals surface area (Å²) < 4.78 is 14.4. The van der Waals surface area contributed by atoms with Gasteiger partial charge in [0.2, 0.25) is 0 Å². The third-order valence-corrected chi connectivity index (χ3v) is 4.86. The van der Waals surface area contributed by atoms with Crippen molar-refractivity contribution in [2.75, 3.05) is 12.3 Å². The molecule has 1 aromatic carbocycles. The summed E-state index contributed by atoms with van der Waals surface area (Å²) in [4.78, 5) is 12.5. The number of benzene rings is 1. The van der Waals surface area contributed by atoms with Crippen LogP contribution in [0, 0.1) is 11.2 Å². The molecular formula is C14H15FN2OS. The fraction of sp³-hybridized carbons (Fsp3) is 0.357. The number of halogens is 1. The van der Waals surface area contributed by atoms with E-state index in [1.54, 1.807) is 12.1 Å². The van der Waals surface area contributed by atoms with E-state index in [1.807, 2.05) is 0 Å². The molecule has 100 valence electrons. The Balaban J connectivity index is 1.89. The number of nitrogens with two attached hydrogens (primary N) is 1. The molecule has 1 aliphatic rings. The van der Waals surface area contributed by atoms with E-state index in [1.165, 1.54) is 17.4 Å². The maximum absolute atomic E-state index is 13.7. The molecule has 1 aliphatic carbocycles. The van der Waals surface area contributed by atoms with Crippen LogP contribution in [-0.4, -0.2) is 12.5 Å². The van der Waals surface area contributed by atoms with Gasteiger partial charge in [-0.3, -0.25) is 4.79 Å². The molecule has 1 saturated carbocycles. The van der Waals surface area contributed by atoms with E-state index >= 15 is 0 Å². The van der Waals surface area contributed by atoms with Gasteiger partial charge in [0.15, 0.2) is 0 Å². The minimum atomic E-state index is -0.376. The number of anilines is 1. The second-order valence-corrected chi connectivity index (χ2v) is 6.50. The molecule has 1 amide bonds. The number of hydrogen-bond acceptors (Lipinski definition) is 3. The van der Waals surface area contributed by atoms with Crippen LogP contribution in [0.1, 0.15) is 29.4 Å². The lowest BCUT2D eigenvalue weighted by Gasteiger charge is -2.09. The number of carbonyl (C=O) groups excluding carboxylic acids is 1. The van der Waals surface area contributed by atoms with Crippen molar-refractivity contribution in [3.63, 3.8) is 0 Å². The Morgan fingerprint density at radius 2 is 2.26 bits per heavy atom. The van der Waals surface area contributed by atoms with Crippen LogP contribution >= 0.6 is 11.3 Å². The van der Waals surface area contributed by atoms with Gasteiger partial charge in [0.25, 0.3) is 5.91 Å². The molecule has 1 aromatic heterocycles. The molecule has 19 heavy (non-hydrogen) atoms. The number of hydrogen-bond donors (Lipinski definition) is 2. The molecule has 3 rings (SSSR count). The third kappa shape index (κ3) is 2.18. The summed E-state index contributed by atoms with van der Waals surface area (Å²) >= 11 is 1.24. The highest BCUT2D eigenvalue weighted by molar-refractivity contribution is 7.21. The van der Waals surface area contributed by atoms with Crippen LogP contribution in [0.4, 0.5) is 10.1 Å². The van der Waals surface area contributed by atoms with Gasteiger partial charge >= 0.3 is 0 Å². The lowest BCUT2D eigenvalue weighted by atomic mass is 10.1. The molecule has 1 heterocycles. The second kappa shape index (κ2) is 4.20. The quantitative estimate of drug-likeness (QED) is 0.906. The highest BCUT2D eigenvalue weighted by Gasteiger charge is 2.37. The van der Waals surface area contributed by atoms with Gasteiger partial charge in [-0.15, -0.1) is 11.3 Å². The standard InChI is InChI=1S/C14H15FN2OS/c1-14(5-6-14)7-17-13(18)12-11(16)10-8(15)3-2-4-9(10)19-12/h2-4H,5-7,16H2,1H3,(H,17,18). The maximum atomic E-state index is 13.7. The summed E-state index contributed by atoms with van der Waals surface area (Å²) in [6.45, 7) is 2.79. The molecule has 0 saturated heterocycles. The van der Waals surface area contributed by atoms with Gasteiger partial charge in [0.1, 0.15) is 10.7 Å². The van der Waals surface area contributed by atoms with E-state index in [0.29, 0.717) is 21.5 Å². The normalized spacial score (nSPS) is 16.5. The number of rotatable bonds is 3. The summed E-state index contributed by atoms with van der Waals surface area (Å²) in [6, 6.07) is 4.76. The molecule has 3 N–H and O–H groups in total. The number of thiophene rings is 1. The van der Waals surface area contributed by atoms with Crippen molar-refractivity contribution in [2.24, 2.45) is 5.41 Å². The van der Waals surface area contributed by atoms with Gasteiger partial charge in [-0.25, -0.2) is 4.39 Å². The first-order valence-electron chi connectivity index (χ1n) is 6.25. The smallest absolute Gasteiger partial charge is 0.263 e. The zero-order valence-electron chi connectivity index (χ0n) is 10.6. The van der Waals surface area contributed by atoms with E-state index < -0.39 is 0 Å². The van der Waals surface area contributed by atoms with Gasteiger partial charge in [-0.2, -0.15) is 0 Å². The molecule has 0 atom stereocenters. The van der Waals surface area contributed by atoms with Crippen molar-refractivity contribution in [1.82, 2.24) is 5.32 Å². The lowest BCUT2D eigenvalue weighted by molar-refractivity contribution is 0.0951. The molecule has 1 fully saturated rings. The van der Waals surface area contributed by atoms with E-state index in [4.69, 9.17) is 5.73 Å². The van der Waals surface area contributed by atoms with E-state index in [-0.39, 0.29) is 22.8 Å². The van der Waals surface area contributed by atoms with Crippen LogP contribution in [0.5, 0.6) is 0 Å². The number of carbonyl (C=O) groups is 1. The van der Waals surface area contributed by atoms with Gasteiger partial charge in [0.05, 0.1) is 11.1 Å². The van der Waals surface area contributed by atoms with Crippen molar-refractivity contribution in [2.45, 2.75) is 19.8 Å². The Bertz CT molecular complexity index is 661. The number of nitrogens with one attached hydrogen (secondary N) is 1. The fourth-order valence-electron chi connectivity index (χ4n) is 2.06. The number of amides is 1. The molecule has 0 radical (unpaired) electrons.